The third-order valence-electron chi connectivity index (χ3n) is 3.00. The molecule has 1 unspecified atom stereocenters. The SMILES string of the molecule is CCC(O)c1ccc(Oc2cc([N+](=O)[O-])ccc2Br)cc1. The predicted octanol–water partition coefficient (Wildman–Crippen LogP) is 4.59. The van der Waals surface area contributed by atoms with Gasteiger partial charge in [0.25, 0.3) is 5.69 Å². The summed E-state index contributed by atoms with van der Waals surface area (Å²) < 4.78 is 6.27. The minimum absolute atomic E-state index is 0.0359. The van der Waals surface area contributed by atoms with Gasteiger partial charge in [0.2, 0.25) is 0 Å². The Bertz CT molecular complexity index is 643. The fourth-order valence-corrected chi connectivity index (χ4v) is 2.13. The number of hydrogen-bond acceptors (Lipinski definition) is 4. The summed E-state index contributed by atoms with van der Waals surface area (Å²) in [4.78, 5) is 10.3. The van der Waals surface area contributed by atoms with Crippen molar-refractivity contribution in [1.82, 2.24) is 0 Å². The summed E-state index contributed by atoms with van der Waals surface area (Å²) >= 11 is 3.30. The Morgan fingerprint density at radius 3 is 2.52 bits per heavy atom. The molecule has 0 aliphatic rings. The van der Waals surface area contributed by atoms with Gasteiger partial charge in [0.15, 0.2) is 0 Å². The first-order valence-electron chi connectivity index (χ1n) is 6.41. The molecular formula is C15H14BrNO4. The number of nitro benzene ring substituents is 1. The lowest BCUT2D eigenvalue weighted by Crippen LogP contribution is -1.95. The third kappa shape index (κ3) is 3.80. The van der Waals surface area contributed by atoms with Gasteiger partial charge in [-0.2, -0.15) is 0 Å². The van der Waals surface area contributed by atoms with Crippen molar-refractivity contribution in [3.8, 4) is 11.5 Å². The van der Waals surface area contributed by atoms with E-state index >= 15 is 0 Å². The van der Waals surface area contributed by atoms with Crippen LogP contribution < -0.4 is 4.74 Å². The molecule has 2 aromatic carbocycles. The standard InChI is InChI=1S/C15H14BrNO4/c1-2-14(18)10-3-6-12(7-4-10)21-15-9-11(17(19)20)5-8-13(15)16/h3-9,14,18H,2H2,1H3. The highest BCUT2D eigenvalue weighted by Gasteiger charge is 2.11. The topological polar surface area (TPSA) is 72.6 Å². The Labute approximate surface area is 130 Å². The van der Waals surface area contributed by atoms with Crippen molar-refractivity contribution in [1.29, 1.82) is 0 Å². The Kier molecular flexibility index (Phi) is 4.93. The fraction of sp³-hybridized carbons (Fsp3) is 0.200. The van der Waals surface area contributed by atoms with Gasteiger partial charge in [-0.25, -0.2) is 0 Å². The van der Waals surface area contributed by atoms with Crippen molar-refractivity contribution in [2.24, 2.45) is 0 Å². The van der Waals surface area contributed by atoms with Gasteiger partial charge >= 0.3 is 0 Å². The summed E-state index contributed by atoms with van der Waals surface area (Å²) in [7, 11) is 0. The van der Waals surface area contributed by atoms with Crippen LogP contribution in [0.4, 0.5) is 5.69 Å². The third-order valence-corrected chi connectivity index (χ3v) is 3.66. The fourth-order valence-electron chi connectivity index (χ4n) is 1.80. The highest BCUT2D eigenvalue weighted by molar-refractivity contribution is 9.10. The molecule has 0 aromatic heterocycles. The number of hydrogen-bond donors (Lipinski definition) is 1. The molecule has 1 atom stereocenters. The van der Waals surface area contributed by atoms with Crippen LogP contribution >= 0.6 is 15.9 Å². The van der Waals surface area contributed by atoms with Gasteiger partial charge < -0.3 is 9.84 Å². The van der Waals surface area contributed by atoms with Crippen LogP contribution in [0.15, 0.2) is 46.9 Å². The van der Waals surface area contributed by atoms with Crippen molar-refractivity contribution in [3.63, 3.8) is 0 Å². The van der Waals surface area contributed by atoms with Crippen molar-refractivity contribution in [2.45, 2.75) is 19.4 Å². The quantitative estimate of drug-likeness (QED) is 0.631. The molecule has 0 heterocycles. The molecule has 5 nitrogen and oxygen atoms in total. The summed E-state index contributed by atoms with van der Waals surface area (Å²) in [5.74, 6) is 0.913. The van der Waals surface area contributed by atoms with Crippen LogP contribution in [-0.4, -0.2) is 10.0 Å². The van der Waals surface area contributed by atoms with Crippen LogP contribution in [-0.2, 0) is 0 Å². The van der Waals surface area contributed by atoms with Gasteiger partial charge in [0, 0.05) is 6.07 Å². The Balaban J connectivity index is 2.22. The monoisotopic (exact) mass is 351 g/mol. The molecule has 0 bridgehead atoms. The molecule has 21 heavy (non-hydrogen) atoms. The van der Waals surface area contributed by atoms with Crippen LogP contribution in [0.3, 0.4) is 0 Å². The van der Waals surface area contributed by atoms with Gasteiger partial charge in [-0.05, 0) is 46.1 Å². The van der Waals surface area contributed by atoms with Crippen LogP contribution in [0, 0.1) is 10.1 Å². The number of non-ortho nitro benzene ring substituents is 1. The molecule has 0 amide bonds. The molecule has 0 aliphatic carbocycles. The van der Waals surface area contributed by atoms with E-state index < -0.39 is 11.0 Å². The average molecular weight is 352 g/mol. The molecule has 0 saturated heterocycles. The zero-order valence-corrected chi connectivity index (χ0v) is 12.9. The molecule has 1 N–H and O–H groups in total. The van der Waals surface area contributed by atoms with Crippen molar-refractivity contribution in [3.05, 3.63) is 62.6 Å². The normalized spacial score (nSPS) is 12.0. The summed E-state index contributed by atoms with van der Waals surface area (Å²) in [5.41, 5.74) is 0.772. The molecule has 2 rings (SSSR count). The van der Waals surface area contributed by atoms with E-state index in [1.54, 1.807) is 30.3 Å². The van der Waals surface area contributed by atoms with E-state index in [1.807, 2.05) is 6.92 Å². The highest BCUT2D eigenvalue weighted by atomic mass is 79.9. The number of nitro groups is 1. The molecule has 0 aliphatic heterocycles. The number of nitrogens with zero attached hydrogens (tertiary/aromatic N) is 1. The number of ether oxygens (including phenoxy) is 1. The van der Waals surface area contributed by atoms with E-state index in [-0.39, 0.29) is 5.69 Å². The van der Waals surface area contributed by atoms with Crippen LogP contribution in [0.1, 0.15) is 25.0 Å². The second kappa shape index (κ2) is 6.69. The van der Waals surface area contributed by atoms with E-state index in [9.17, 15) is 15.2 Å². The number of aliphatic hydroxyl groups is 1. The molecule has 6 heteroatoms. The smallest absolute Gasteiger partial charge is 0.273 e. The maximum atomic E-state index is 10.8. The Hall–Kier alpha value is -1.92. The maximum absolute atomic E-state index is 10.8. The van der Waals surface area contributed by atoms with E-state index in [0.717, 1.165) is 5.56 Å². The zero-order chi connectivity index (χ0) is 15.4. The lowest BCUT2D eigenvalue weighted by atomic mass is 10.1. The molecule has 0 saturated carbocycles. The second-order valence-corrected chi connectivity index (χ2v) is 5.32. The van der Waals surface area contributed by atoms with Crippen molar-refractivity contribution < 1.29 is 14.8 Å². The minimum atomic E-state index is -0.497. The summed E-state index contributed by atoms with van der Waals surface area (Å²) in [5, 5.41) is 20.5. The largest absolute Gasteiger partial charge is 0.456 e. The maximum Gasteiger partial charge on any atom is 0.273 e. The zero-order valence-electron chi connectivity index (χ0n) is 11.3. The molecule has 0 radical (unpaired) electrons. The second-order valence-electron chi connectivity index (χ2n) is 4.47. The number of halogens is 1. The van der Waals surface area contributed by atoms with Gasteiger partial charge in [0.05, 0.1) is 21.6 Å². The molecule has 0 spiro atoms. The van der Waals surface area contributed by atoms with Gasteiger partial charge in [0.1, 0.15) is 11.5 Å². The first kappa shape index (κ1) is 15.5. The summed E-state index contributed by atoms with van der Waals surface area (Å²) in [6.45, 7) is 1.90. The lowest BCUT2D eigenvalue weighted by molar-refractivity contribution is -0.384. The number of benzene rings is 2. The van der Waals surface area contributed by atoms with Gasteiger partial charge in [-0.15, -0.1) is 0 Å². The van der Waals surface area contributed by atoms with Crippen molar-refractivity contribution >= 4 is 21.6 Å². The van der Waals surface area contributed by atoms with E-state index in [1.165, 1.54) is 12.1 Å². The lowest BCUT2D eigenvalue weighted by Gasteiger charge is -2.10. The minimum Gasteiger partial charge on any atom is -0.456 e. The molecule has 110 valence electrons. The number of rotatable bonds is 5. The van der Waals surface area contributed by atoms with E-state index in [2.05, 4.69) is 15.9 Å². The van der Waals surface area contributed by atoms with Crippen LogP contribution in [0.25, 0.3) is 0 Å². The van der Waals surface area contributed by atoms with E-state index in [4.69, 9.17) is 4.74 Å². The van der Waals surface area contributed by atoms with Crippen molar-refractivity contribution in [2.75, 3.05) is 0 Å². The predicted molar refractivity (Wildman–Crippen MR) is 82.6 cm³/mol. The highest BCUT2D eigenvalue weighted by Crippen LogP contribution is 2.33. The first-order valence-corrected chi connectivity index (χ1v) is 7.20. The molecular weight excluding hydrogens is 338 g/mol. The Morgan fingerprint density at radius 1 is 1.29 bits per heavy atom. The Morgan fingerprint density at radius 2 is 1.95 bits per heavy atom. The van der Waals surface area contributed by atoms with Crippen LogP contribution in [0.2, 0.25) is 0 Å². The van der Waals surface area contributed by atoms with Crippen LogP contribution in [0.5, 0.6) is 11.5 Å². The molecule has 2 aromatic rings. The van der Waals surface area contributed by atoms with E-state index in [0.29, 0.717) is 22.4 Å². The summed E-state index contributed by atoms with van der Waals surface area (Å²) in [6, 6.07) is 11.3. The van der Waals surface area contributed by atoms with Gasteiger partial charge in [-0.1, -0.05) is 19.1 Å². The number of aliphatic hydroxyl groups excluding tert-OH is 1. The first-order chi connectivity index (χ1) is 10.0. The van der Waals surface area contributed by atoms with Gasteiger partial charge in [-0.3, -0.25) is 10.1 Å². The summed E-state index contributed by atoms with van der Waals surface area (Å²) in [6.07, 6.45) is 0.139. The molecule has 0 fully saturated rings. The average Bonchev–Trinajstić information content (AvgIpc) is 2.49.